The number of halogens is 3. The lowest BCUT2D eigenvalue weighted by atomic mass is 10.2. The molecule has 4 rings (SSSR count). The van der Waals surface area contributed by atoms with Crippen LogP contribution in [0.3, 0.4) is 0 Å². The van der Waals surface area contributed by atoms with Gasteiger partial charge in [0, 0.05) is 12.3 Å². The number of hydrogen-bond acceptors (Lipinski definition) is 6. The minimum Gasteiger partial charge on any atom is -0.485 e. The van der Waals surface area contributed by atoms with Crippen molar-refractivity contribution in [1.82, 2.24) is 14.8 Å². The van der Waals surface area contributed by atoms with Gasteiger partial charge in [-0.15, -0.1) is 23.4 Å². The maximum Gasteiger partial charge on any atom is 0.573 e. The third-order valence-electron chi connectivity index (χ3n) is 4.53. The molecule has 0 radical (unpaired) electrons. The monoisotopic (exact) mass is 437 g/mol. The molecule has 2 aromatic carbocycles. The fourth-order valence-corrected chi connectivity index (χ4v) is 3.97. The van der Waals surface area contributed by atoms with E-state index in [0.717, 1.165) is 5.56 Å². The molecule has 1 aliphatic heterocycles. The van der Waals surface area contributed by atoms with Crippen molar-refractivity contribution < 1.29 is 27.4 Å². The highest BCUT2D eigenvalue weighted by Crippen LogP contribution is 2.38. The van der Waals surface area contributed by atoms with E-state index in [-0.39, 0.29) is 17.1 Å². The van der Waals surface area contributed by atoms with Gasteiger partial charge in [0.25, 0.3) is 0 Å². The highest BCUT2D eigenvalue weighted by molar-refractivity contribution is 7.99. The summed E-state index contributed by atoms with van der Waals surface area (Å²) >= 11 is 1.44. The van der Waals surface area contributed by atoms with Crippen LogP contribution in [-0.4, -0.2) is 27.7 Å². The van der Waals surface area contributed by atoms with Crippen LogP contribution in [0.2, 0.25) is 0 Å². The zero-order valence-corrected chi connectivity index (χ0v) is 16.9. The van der Waals surface area contributed by atoms with Crippen molar-refractivity contribution in [2.75, 3.05) is 6.61 Å². The molecule has 1 aliphatic rings. The Balaban J connectivity index is 1.44. The maximum absolute atomic E-state index is 12.3. The SMILES string of the molecule is CC(Sc1nnc(C2COc3ccccc3O2)n1C)c1ccc(OC(F)(F)F)cc1. The van der Waals surface area contributed by atoms with Crippen molar-refractivity contribution >= 4 is 11.8 Å². The van der Waals surface area contributed by atoms with Crippen LogP contribution in [0, 0.1) is 0 Å². The third-order valence-corrected chi connectivity index (χ3v) is 5.72. The van der Waals surface area contributed by atoms with Crippen LogP contribution in [0.15, 0.2) is 53.7 Å². The molecule has 0 saturated carbocycles. The van der Waals surface area contributed by atoms with Gasteiger partial charge >= 0.3 is 6.36 Å². The average Bonchev–Trinajstić information content (AvgIpc) is 3.07. The molecule has 2 atom stereocenters. The second-order valence-corrected chi connectivity index (χ2v) is 7.95. The summed E-state index contributed by atoms with van der Waals surface area (Å²) in [5.74, 6) is 1.73. The topological polar surface area (TPSA) is 58.4 Å². The predicted molar refractivity (Wildman–Crippen MR) is 104 cm³/mol. The van der Waals surface area contributed by atoms with Crippen molar-refractivity contribution in [3.05, 3.63) is 59.9 Å². The van der Waals surface area contributed by atoms with E-state index in [1.165, 1.54) is 23.9 Å². The van der Waals surface area contributed by atoms with Crippen molar-refractivity contribution in [2.45, 2.75) is 29.8 Å². The Morgan fingerprint density at radius 1 is 1.10 bits per heavy atom. The summed E-state index contributed by atoms with van der Waals surface area (Å²) in [5, 5.41) is 9.10. The molecule has 10 heteroatoms. The highest BCUT2D eigenvalue weighted by atomic mass is 32.2. The predicted octanol–water partition coefficient (Wildman–Crippen LogP) is 5.08. The van der Waals surface area contributed by atoms with Crippen LogP contribution in [-0.2, 0) is 7.05 Å². The molecule has 6 nitrogen and oxygen atoms in total. The Morgan fingerprint density at radius 3 is 2.50 bits per heavy atom. The summed E-state index contributed by atoms with van der Waals surface area (Å²) in [7, 11) is 1.84. The summed E-state index contributed by atoms with van der Waals surface area (Å²) < 4.78 is 54.4. The number of hydrogen-bond donors (Lipinski definition) is 0. The van der Waals surface area contributed by atoms with E-state index in [1.54, 1.807) is 12.1 Å². The van der Waals surface area contributed by atoms with Gasteiger partial charge < -0.3 is 18.8 Å². The number of para-hydroxylation sites is 2. The number of nitrogens with zero attached hydrogens (tertiary/aromatic N) is 3. The molecule has 0 aliphatic carbocycles. The van der Waals surface area contributed by atoms with Gasteiger partial charge in [0.05, 0.1) is 0 Å². The molecule has 0 saturated heterocycles. The molecule has 2 heterocycles. The zero-order chi connectivity index (χ0) is 21.3. The third kappa shape index (κ3) is 4.48. The second-order valence-electron chi connectivity index (χ2n) is 6.64. The van der Waals surface area contributed by atoms with Crippen molar-refractivity contribution in [3.63, 3.8) is 0 Å². The van der Waals surface area contributed by atoms with Crippen molar-refractivity contribution in [1.29, 1.82) is 0 Å². The van der Waals surface area contributed by atoms with E-state index in [9.17, 15) is 13.2 Å². The molecule has 0 amide bonds. The standard InChI is InChI=1S/C20H18F3N3O3S/c1-12(13-7-9-14(10-8-13)29-20(21,22)23)30-19-25-24-18(26(19)2)17-11-27-15-5-3-4-6-16(15)28-17/h3-10,12,17H,11H2,1-2H3. The summed E-state index contributed by atoms with van der Waals surface area (Å²) in [6.07, 6.45) is -5.09. The lowest BCUT2D eigenvalue weighted by Gasteiger charge is -2.25. The molecule has 0 fully saturated rings. The number of alkyl halides is 3. The molecule has 158 valence electrons. The lowest BCUT2D eigenvalue weighted by molar-refractivity contribution is -0.274. The Kier molecular flexibility index (Phi) is 5.50. The summed E-state index contributed by atoms with van der Waals surface area (Å²) in [6, 6.07) is 13.2. The Bertz CT molecular complexity index is 1020. The van der Waals surface area contributed by atoms with Gasteiger partial charge in [0.2, 0.25) is 0 Å². The van der Waals surface area contributed by atoms with Crippen LogP contribution in [0.5, 0.6) is 17.2 Å². The average molecular weight is 437 g/mol. The first-order chi connectivity index (χ1) is 14.3. The molecule has 1 aromatic heterocycles. The van der Waals surface area contributed by atoms with E-state index in [4.69, 9.17) is 9.47 Å². The van der Waals surface area contributed by atoms with Gasteiger partial charge in [-0.05, 0) is 36.8 Å². The van der Waals surface area contributed by atoms with Crippen molar-refractivity contribution in [3.8, 4) is 17.2 Å². The van der Waals surface area contributed by atoms with Gasteiger partial charge in [0.15, 0.2) is 28.6 Å². The van der Waals surface area contributed by atoms with Crippen LogP contribution in [0.25, 0.3) is 0 Å². The second kappa shape index (κ2) is 8.10. The van der Waals surface area contributed by atoms with E-state index in [0.29, 0.717) is 29.1 Å². The Morgan fingerprint density at radius 2 is 1.80 bits per heavy atom. The number of fused-ring (bicyclic) bond motifs is 1. The Labute approximate surface area is 175 Å². The van der Waals surface area contributed by atoms with Crippen LogP contribution < -0.4 is 14.2 Å². The number of aromatic nitrogens is 3. The van der Waals surface area contributed by atoms with Crippen LogP contribution in [0.4, 0.5) is 13.2 Å². The fraction of sp³-hybridized carbons (Fsp3) is 0.300. The molecule has 3 aromatic rings. The van der Waals surface area contributed by atoms with E-state index >= 15 is 0 Å². The first-order valence-electron chi connectivity index (χ1n) is 9.10. The summed E-state index contributed by atoms with van der Waals surface area (Å²) in [4.78, 5) is 0. The molecular weight excluding hydrogens is 419 g/mol. The van der Waals surface area contributed by atoms with Gasteiger partial charge in [-0.1, -0.05) is 36.0 Å². The summed E-state index contributed by atoms with van der Waals surface area (Å²) in [6.45, 7) is 2.26. The number of benzene rings is 2. The van der Waals surface area contributed by atoms with Crippen LogP contribution in [0.1, 0.15) is 29.7 Å². The zero-order valence-electron chi connectivity index (χ0n) is 16.1. The van der Waals surface area contributed by atoms with Gasteiger partial charge in [-0.2, -0.15) is 0 Å². The highest BCUT2D eigenvalue weighted by Gasteiger charge is 2.31. The quantitative estimate of drug-likeness (QED) is 0.519. The fourth-order valence-electron chi connectivity index (χ4n) is 3.02. The lowest BCUT2D eigenvalue weighted by Crippen LogP contribution is -2.24. The minimum absolute atomic E-state index is 0.0649. The molecule has 0 bridgehead atoms. The summed E-state index contributed by atoms with van der Waals surface area (Å²) in [5.41, 5.74) is 0.838. The Hall–Kier alpha value is -2.88. The van der Waals surface area contributed by atoms with Gasteiger partial charge in [-0.25, -0.2) is 0 Å². The van der Waals surface area contributed by atoms with E-state index in [2.05, 4.69) is 14.9 Å². The minimum atomic E-state index is -4.71. The van der Waals surface area contributed by atoms with Gasteiger partial charge in [-0.3, -0.25) is 0 Å². The number of rotatable bonds is 5. The molecule has 2 unspecified atom stereocenters. The number of thioether (sulfide) groups is 1. The largest absolute Gasteiger partial charge is 0.573 e. The molecular formula is C20H18F3N3O3S. The first-order valence-corrected chi connectivity index (χ1v) is 9.98. The van der Waals surface area contributed by atoms with Crippen LogP contribution >= 0.6 is 11.8 Å². The van der Waals surface area contributed by atoms with E-state index < -0.39 is 6.36 Å². The smallest absolute Gasteiger partial charge is 0.485 e. The normalized spacial score (nSPS) is 16.9. The molecule has 30 heavy (non-hydrogen) atoms. The van der Waals surface area contributed by atoms with E-state index in [1.807, 2.05) is 42.8 Å². The van der Waals surface area contributed by atoms with Crippen molar-refractivity contribution in [2.24, 2.45) is 7.05 Å². The van der Waals surface area contributed by atoms with Gasteiger partial charge in [0.1, 0.15) is 12.4 Å². The first kappa shape index (κ1) is 20.4. The number of ether oxygens (including phenoxy) is 3. The molecule has 0 N–H and O–H groups in total. The maximum atomic E-state index is 12.3. The molecule has 0 spiro atoms.